The zero-order valence-electron chi connectivity index (χ0n) is 19.1. The highest BCUT2D eigenvalue weighted by Crippen LogP contribution is 2.34. The fourth-order valence-electron chi connectivity index (χ4n) is 3.48. The Morgan fingerprint density at radius 1 is 1.00 bits per heavy atom. The number of amides is 2. The quantitative estimate of drug-likeness (QED) is 0.401. The Labute approximate surface area is 194 Å². The maximum Gasteiger partial charge on any atom is 0.323 e. The maximum atomic E-state index is 13.1. The summed E-state index contributed by atoms with van der Waals surface area (Å²) in [6.45, 7) is 10.7. The van der Waals surface area contributed by atoms with Crippen LogP contribution < -0.4 is 15.4 Å². The molecule has 0 saturated carbocycles. The van der Waals surface area contributed by atoms with Crippen LogP contribution in [0.5, 0.6) is 6.01 Å². The lowest BCUT2D eigenvalue weighted by Gasteiger charge is -2.20. The smallest absolute Gasteiger partial charge is 0.323 e. The SMILES string of the molecule is CCOc1ncc(NC(=O)Nc2c(C(C)C)cccc2C(C)C)c(-c2ccccc2Cl)n1. The molecule has 2 amide bonds. The largest absolute Gasteiger partial charge is 0.464 e. The number of carbonyl (C=O) groups is 1. The predicted molar refractivity (Wildman–Crippen MR) is 131 cm³/mol. The Kier molecular flexibility index (Phi) is 7.70. The molecule has 0 unspecified atom stereocenters. The van der Waals surface area contributed by atoms with E-state index in [-0.39, 0.29) is 23.9 Å². The third-order valence-corrected chi connectivity index (χ3v) is 5.36. The van der Waals surface area contributed by atoms with Crippen molar-refractivity contribution in [3.8, 4) is 17.3 Å². The van der Waals surface area contributed by atoms with E-state index in [1.54, 1.807) is 6.07 Å². The number of hydrogen-bond donors (Lipinski definition) is 2. The van der Waals surface area contributed by atoms with Crippen molar-refractivity contribution in [3.63, 3.8) is 0 Å². The molecule has 0 aliphatic carbocycles. The van der Waals surface area contributed by atoms with Gasteiger partial charge < -0.3 is 15.4 Å². The molecule has 3 aromatic rings. The van der Waals surface area contributed by atoms with E-state index in [0.717, 1.165) is 16.8 Å². The Hall–Kier alpha value is -3.12. The molecule has 1 aromatic heterocycles. The Bertz CT molecular complexity index is 1070. The molecule has 7 heteroatoms. The second-order valence-corrected chi connectivity index (χ2v) is 8.43. The van der Waals surface area contributed by atoms with Crippen LogP contribution in [0.15, 0.2) is 48.7 Å². The summed E-state index contributed by atoms with van der Waals surface area (Å²) in [5.74, 6) is 0.521. The summed E-state index contributed by atoms with van der Waals surface area (Å²) < 4.78 is 5.45. The number of benzene rings is 2. The normalized spacial score (nSPS) is 11.0. The fraction of sp³-hybridized carbons (Fsp3) is 0.320. The highest BCUT2D eigenvalue weighted by Gasteiger charge is 2.19. The molecule has 2 aromatic carbocycles. The van der Waals surface area contributed by atoms with Crippen LogP contribution in [0.3, 0.4) is 0 Å². The van der Waals surface area contributed by atoms with E-state index >= 15 is 0 Å². The van der Waals surface area contributed by atoms with Crippen LogP contribution in [0, 0.1) is 0 Å². The summed E-state index contributed by atoms with van der Waals surface area (Å²) in [5.41, 5.74) is 4.61. The number of para-hydroxylation sites is 1. The van der Waals surface area contributed by atoms with Crippen LogP contribution in [0.2, 0.25) is 5.02 Å². The van der Waals surface area contributed by atoms with Gasteiger partial charge in [-0.2, -0.15) is 4.98 Å². The summed E-state index contributed by atoms with van der Waals surface area (Å²) in [4.78, 5) is 21.8. The molecular weight excluding hydrogens is 424 g/mol. The summed E-state index contributed by atoms with van der Waals surface area (Å²) in [6, 6.07) is 13.3. The minimum absolute atomic E-state index is 0.223. The predicted octanol–water partition coefficient (Wildman–Crippen LogP) is 7.09. The van der Waals surface area contributed by atoms with Gasteiger partial charge in [-0.25, -0.2) is 9.78 Å². The molecule has 0 aliphatic heterocycles. The topological polar surface area (TPSA) is 76.1 Å². The average molecular weight is 453 g/mol. The first kappa shape index (κ1) is 23.5. The van der Waals surface area contributed by atoms with Crippen LogP contribution in [-0.2, 0) is 0 Å². The maximum absolute atomic E-state index is 13.1. The summed E-state index contributed by atoms with van der Waals surface area (Å²) >= 11 is 6.41. The lowest BCUT2D eigenvalue weighted by molar-refractivity contribution is 0.262. The van der Waals surface area contributed by atoms with E-state index in [1.807, 2.05) is 43.3 Å². The molecular formula is C25H29ClN4O2. The third kappa shape index (κ3) is 5.37. The first-order valence-corrected chi connectivity index (χ1v) is 11.1. The standard InChI is InChI=1S/C25H29ClN4O2/c1-6-32-25-27-14-21(23(30-25)19-10-7-8-13-20(19)26)28-24(31)29-22-17(15(2)3)11-9-12-18(22)16(4)5/h7-16H,6H2,1-5H3,(H2,28,29,31). The molecule has 0 aliphatic rings. The van der Waals surface area contributed by atoms with Gasteiger partial charge in [0.25, 0.3) is 0 Å². The van der Waals surface area contributed by atoms with Crippen molar-refractivity contribution in [3.05, 3.63) is 64.8 Å². The van der Waals surface area contributed by atoms with E-state index in [4.69, 9.17) is 16.3 Å². The van der Waals surface area contributed by atoms with Crippen molar-refractivity contribution in [1.29, 1.82) is 0 Å². The number of hydrogen-bond acceptors (Lipinski definition) is 4. The van der Waals surface area contributed by atoms with Crippen molar-refractivity contribution in [1.82, 2.24) is 9.97 Å². The lowest BCUT2D eigenvalue weighted by Crippen LogP contribution is -2.22. The van der Waals surface area contributed by atoms with Crippen molar-refractivity contribution in [2.45, 2.75) is 46.5 Å². The van der Waals surface area contributed by atoms with Crippen LogP contribution >= 0.6 is 11.6 Å². The molecule has 32 heavy (non-hydrogen) atoms. The Morgan fingerprint density at radius 3 is 2.25 bits per heavy atom. The molecule has 0 saturated heterocycles. The van der Waals surface area contributed by atoms with E-state index in [2.05, 4.69) is 48.3 Å². The monoisotopic (exact) mass is 452 g/mol. The number of urea groups is 1. The first-order chi connectivity index (χ1) is 15.3. The molecule has 0 radical (unpaired) electrons. The van der Waals surface area contributed by atoms with Gasteiger partial charge in [0.15, 0.2) is 0 Å². The summed E-state index contributed by atoms with van der Waals surface area (Å²) in [5, 5.41) is 6.47. The fourth-order valence-corrected chi connectivity index (χ4v) is 3.70. The Balaban J connectivity index is 1.97. The number of anilines is 2. The summed E-state index contributed by atoms with van der Waals surface area (Å²) in [7, 11) is 0. The van der Waals surface area contributed by atoms with Crippen LogP contribution in [0.1, 0.15) is 57.6 Å². The van der Waals surface area contributed by atoms with Gasteiger partial charge in [0.1, 0.15) is 5.69 Å². The number of ether oxygens (including phenoxy) is 1. The van der Waals surface area contributed by atoms with Gasteiger partial charge in [0.05, 0.1) is 23.5 Å². The zero-order chi connectivity index (χ0) is 23.3. The van der Waals surface area contributed by atoms with E-state index in [9.17, 15) is 4.79 Å². The molecule has 0 atom stereocenters. The summed E-state index contributed by atoms with van der Waals surface area (Å²) in [6.07, 6.45) is 1.54. The Morgan fingerprint density at radius 2 is 1.66 bits per heavy atom. The van der Waals surface area contributed by atoms with Crippen molar-refractivity contribution >= 4 is 29.0 Å². The highest BCUT2D eigenvalue weighted by molar-refractivity contribution is 6.33. The number of halogens is 1. The van der Waals surface area contributed by atoms with Crippen molar-refractivity contribution in [2.75, 3.05) is 17.2 Å². The van der Waals surface area contributed by atoms with Crippen LogP contribution in [0.4, 0.5) is 16.2 Å². The van der Waals surface area contributed by atoms with Crippen molar-refractivity contribution < 1.29 is 9.53 Å². The number of carbonyl (C=O) groups excluding carboxylic acids is 1. The number of rotatable bonds is 7. The highest BCUT2D eigenvalue weighted by atomic mass is 35.5. The minimum atomic E-state index is -0.374. The molecule has 1 heterocycles. The molecule has 0 bridgehead atoms. The molecule has 6 nitrogen and oxygen atoms in total. The van der Waals surface area contributed by atoms with Gasteiger partial charge in [-0.3, -0.25) is 0 Å². The molecule has 3 rings (SSSR count). The van der Waals surface area contributed by atoms with Gasteiger partial charge in [-0.15, -0.1) is 0 Å². The number of nitrogens with zero attached hydrogens (tertiary/aromatic N) is 2. The first-order valence-electron chi connectivity index (χ1n) is 10.8. The lowest BCUT2D eigenvalue weighted by atomic mass is 9.93. The second kappa shape index (κ2) is 10.5. The van der Waals surface area contributed by atoms with Gasteiger partial charge in [0.2, 0.25) is 0 Å². The van der Waals surface area contributed by atoms with Crippen LogP contribution in [-0.4, -0.2) is 22.6 Å². The van der Waals surface area contributed by atoms with E-state index in [1.165, 1.54) is 6.20 Å². The van der Waals surface area contributed by atoms with Crippen LogP contribution in [0.25, 0.3) is 11.3 Å². The molecule has 168 valence electrons. The minimum Gasteiger partial charge on any atom is -0.464 e. The molecule has 0 fully saturated rings. The molecule has 2 N–H and O–H groups in total. The number of nitrogens with one attached hydrogen (secondary N) is 2. The number of aromatic nitrogens is 2. The van der Waals surface area contributed by atoms with Gasteiger partial charge in [-0.05, 0) is 36.0 Å². The van der Waals surface area contributed by atoms with Gasteiger partial charge in [-0.1, -0.05) is 75.7 Å². The van der Waals surface area contributed by atoms with Crippen molar-refractivity contribution in [2.24, 2.45) is 0 Å². The van der Waals surface area contributed by atoms with E-state index in [0.29, 0.717) is 28.6 Å². The van der Waals surface area contributed by atoms with E-state index < -0.39 is 0 Å². The van der Waals surface area contributed by atoms with Gasteiger partial charge >= 0.3 is 12.0 Å². The third-order valence-electron chi connectivity index (χ3n) is 5.03. The second-order valence-electron chi connectivity index (χ2n) is 8.03. The molecule has 0 spiro atoms. The van der Waals surface area contributed by atoms with Gasteiger partial charge in [0, 0.05) is 11.3 Å². The zero-order valence-corrected chi connectivity index (χ0v) is 19.8. The average Bonchev–Trinajstić information content (AvgIpc) is 2.75.